The van der Waals surface area contributed by atoms with E-state index in [0.29, 0.717) is 6.04 Å². The molecule has 1 atom stereocenters. The molecule has 1 heterocycles. The summed E-state index contributed by atoms with van der Waals surface area (Å²) in [6, 6.07) is 8.95. The summed E-state index contributed by atoms with van der Waals surface area (Å²) in [6.45, 7) is 8.43. The molecular weight excluding hydrogens is 394 g/mol. The summed E-state index contributed by atoms with van der Waals surface area (Å²) >= 11 is 3.50. The van der Waals surface area contributed by atoms with Crippen molar-refractivity contribution in [3.63, 3.8) is 0 Å². The second-order valence-corrected chi connectivity index (χ2v) is 7.52. The Hall–Kier alpha value is -1.31. The van der Waals surface area contributed by atoms with Gasteiger partial charge in [0.05, 0.1) is 13.2 Å². The summed E-state index contributed by atoms with van der Waals surface area (Å²) in [5.41, 5.74) is 1.28. The van der Waals surface area contributed by atoms with Crippen molar-refractivity contribution in [3.8, 4) is 0 Å². The normalized spacial score (nSPS) is 17.8. The molecule has 0 aliphatic carbocycles. The lowest BCUT2D eigenvalue weighted by molar-refractivity contribution is 0.163. The first-order valence-electron chi connectivity index (χ1n) is 9.35. The van der Waals surface area contributed by atoms with Crippen LogP contribution in [-0.4, -0.2) is 76.9 Å². The summed E-state index contributed by atoms with van der Waals surface area (Å²) in [5, 5.41) is 6.95. The molecule has 1 aliphatic rings. The molecular formula is C19H32BrN5O. The van der Waals surface area contributed by atoms with Crippen LogP contribution >= 0.6 is 15.9 Å². The topological polar surface area (TPSA) is 52.1 Å². The van der Waals surface area contributed by atoms with E-state index >= 15 is 0 Å². The molecule has 0 aromatic heterocycles. The van der Waals surface area contributed by atoms with Crippen molar-refractivity contribution in [2.24, 2.45) is 4.99 Å². The van der Waals surface area contributed by atoms with Crippen molar-refractivity contribution in [3.05, 3.63) is 28.7 Å². The van der Waals surface area contributed by atoms with Gasteiger partial charge < -0.3 is 25.2 Å². The van der Waals surface area contributed by atoms with E-state index in [1.165, 1.54) is 5.69 Å². The van der Waals surface area contributed by atoms with Crippen LogP contribution in [0.15, 0.2) is 33.7 Å². The Morgan fingerprint density at radius 3 is 2.81 bits per heavy atom. The third-order valence-corrected chi connectivity index (χ3v) is 5.02. The number of nitrogens with one attached hydrogen (secondary N) is 2. The van der Waals surface area contributed by atoms with E-state index in [-0.39, 0.29) is 0 Å². The molecule has 2 N–H and O–H groups in total. The number of ether oxygens (including phenoxy) is 1. The first-order valence-corrected chi connectivity index (χ1v) is 10.1. The zero-order chi connectivity index (χ0) is 18.8. The Morgan fingerprint density at radius 1 is 1.35 bits per heavy atom. The molecule has 26 heavy (non-hydrogen) atoms. The molecule has 146 valence electrons. The standard InChI is InChI=1S/C19H32BrN5O/c1-4-21-19(22-10-12-24(2)13-14-26-3)23-17-9-11-25(15-17)18-7-5-16(20)6-8-18/h5-8,17H,4,9-15H2,1-3H3,(H2,21,22,23). The van der Waals surface area contributed by atoms with Gasteiger partial charge in [-0.05, 0) is 44.7 Å². The average Bonchev–Trinajstić information content (AvgIpc) is 3.09. The predicted molar refractivity (Wildman–Crippen MR) is 113 cm³/mol. The molecule has 1 fully saturated rings. The predicted octanol–water partition coefficient (Wildman–Crippen LogP) is 2.16. The average molecular weight is 426 g/mol. The maximum absolute atomic E-state index is 5.11. The van der Waals surface area contributed by atoms with E-state index in [1.807, 2.05) is 0 Å². The zero-order valence-electron chi connectivity index (χ0n) is 16.2. The Kier molecular flexibility index (Phi) is 9.22. The van der Waals surface area contributed by atoms with Crippen molar-refractivity contribution < 1.29 is 4.74 Å². The van der Waals surface area contributed by atoms with Crippen LogP contribution in [-0.2, 0) is 4.74 Å². The van der Waals surface area contributed by atoms with E-state index in [1.54, 1.807) is 7.11 Å². The summed E-state index contributed by atoms with van der Waals surface area (Å²) in [5.74, 6) is 0.912. The van der Waals surface area contributed by atoms with Gasteiger partial charge in [-0.25, -0.2) is 0 Å². The van der Waals surface area contributed by atoms with E-state index < -0.39 is 0 Å². The van der Waals surface area contributed by atoms with Crippen LogP contribution in [0.3, 0.4) is 0 Å². The molecule has 0 spiro atoms. The molecule has 1 aromatic carbocycles. The van der Waals surface area contributed by atoms with Crippen molar-refractivity contribution in [2.45, 2.75) is 19.4 Å². The lowest BCUT2D eigenvalue weighted by Gasteiger charge is -2.21. The molecule has 1 aliphatic heterocycles. The van der Waals surface area contributed by atoms with Gasteiger partial charge in [0.25, 0.3) is 0 Å². The first kappa shape index (κ1) is 21.0. The van der Waals surface area contributed by atoms with Crippen molar-refractivity contribution >= 4 is 27.6 Å². The Bertz CT molecular complexity index is 551. The zero-order valence-corrected chi connectivity index (χ0v) is 17.8. The fourth-order valence-electron chi connectivity index (χ4n) is 2.97. The number of guanidine groups is 1. The van der Waals surface area contributed by atoms with Crippen LogP contribution < -0.4 is 15.5 Å². The highest BCUT2D eigenvalue weighted by Crippen LogP contribution is 2.22. The highest BCUT2D eigenvalue weighted by molar-refractivity contribution is 9.10. The highest BCUT2D eigenvalue weighted by Gasteiger charge is 2.23. The first-order chi connectivity index (χ1) is 12.6. The van der Waals surface area contributed by atoms with Crippen LogP contribution in [0.4, 0.5) is 5.69 Å². The quantitative estimate of drug-likeness (QED) is 0.468. The van der Waals surface area contributed by atoms with Crippen molar-refractivity contribution in [1.82, 2.24) is 15.5 Å². The minimum absolute atomic E-state index is 0.419. The number of hydrogen-bond donors (Lipinski definition) is 2. The molecule has 0 saturated carbocycles. The third kappa shape index (κ3) is 7.13. The Labute approximate surface area is 166 Å². The van der Waals surface area contributed by atoms with Crippen molar-refractivity contribution in [1.29, 1.82) is 0 Å². The number of halogens is 1. The summed E-state index contributed by atoms with van der Waals surface area (Å²) in [7, 11) is 3.83. The molecule has 6 nitrogen and oxygen atoms in total. The third-order valence-electron chi connectivity index (χ3n) is 4.49. The maximum atomic E-state index is 5.11. The molecule has 1 aromatic rings. The number of methoxy groups -OCH3 is 1. The number of likely N-dealkylation sites (N-methyl/N-ethyl adjacent to an activating group) is 1. The minimum atomic E-state index is 0.419. The van der Waals surface area contributed by atoms with Gasteiger partial charge in [-0.2, -0.15) is 0 Å². The van der Waals surface area contributed by atoms with E-state index in [0.717, 1.165) is 62.7 Å². The highest BCUT2D eigenvalue weighted by atomic mass is 79.9. The second kappa shape index (κ2) is 11.4. The molecule has 7 heteroatoms. The van der Waals surface area contributed by atoms with Gasteiger partial charge in [0.15, 0.2) is 5.96 Å². The minimum Gasteiger partial charge on any atom is -0.383 e. The van der Waals surface area contributed by atoms with Crippen molar-refractivity contribution in [2.75, 3.05) is 64.9 Å². The molecule has 1 unspecified atom stereocenters. The summed E-state index contributed by atoms with van der Waals surface area (Å²) in [6.07, 6.45) is 1.12. The van der Waals surface area contributed by atoms with Crippen LogP contribution in [0.1, 0.15) is 13.3 Å². The fraction of sp³-hybridized carbons (Fsp3) is 0.632. The monoisotopic (exact) mass is 425 g/mol. The van der Waals surface area contributed by atoms with Gasteiger partial charge in [0, 0.05) is 56.0 Å². The number of benzene rings is 1. The molecule has 2 rings (SSSR count). The van der Waals surface area contributed by atoms with Gasteiger partial charge in [-0.1, -0.05) is 15.9 Å². The molecule has 0 bridgehead atoms. The number of hydrogen-bond acceptors (Lipinski definition) is 4. The maximum Gasteiger partial charge on any atom is 0.191 e. The lowest BCUT2D eigenvalue weighted by atomic mass is 10.3. The van der Waals surface area contributed by atoms with Crippen LogP contribution in [0.5, 0.6) is 0 Å². The van der Waals surface area contributed by atoms with Gasteiger partial charge in [-0.3, -0.25) is 4.99 Å². The summed E-state index contributed by atoms with van der Waals surface area (Å²) < 4.78 is 6.23. The molecule has 1 saturated heterocycles. The smallest absolute Gasteiger partial charge is 0.191 e. The Morgan fingerprint density at radius 2 is 2.12 bits per heavy atom. The van der Waals surface area contributed by atoms with E-state index in [2.05, 4.69) is 74.6 Å². The van der Waals surface area contributed by atoms with Gasteiger partial charge in [0.1, 0.15) is 0 Å². The van der Waals surface area contributed by atoms with Crippen LogP contribution in [0, 0.1) is 0 Å². The second-order valence-electron chi connectivity index (χ2n) is 6.61. The fourth-order valence-corrected chi connectivity index (χ4v) is 3.23. The number of aliphatic imine (C=N–C) groups is 1. The number of anilines is 1. The SMILES string of the molecule is CCNC(=NCCN(C)CCOC)NC1CCN(c2ccc(Br)cc2)C1. The van der Waals surface area contributed by atoms with Gasteiger partial charge in [0.2, 0.25) is 0 Å². The van der Waals surface area contributed by atoms with Gasteiger partial charge >= 0.3 is 0 Å². The van der Waals surface area contributed by atoms with E-state index in [4.69, 9.17) is 9.73 Å². The molecule has 0 amide bonds. The van der Waals surface area contributed by atoms with Crippen LogP contribution in [0.2, 0.25) is 0 Å². The summed E-state index contributed by atoms with van der Waals surface area (Å²) in [4.78, 5) is 9.38. The Balaban J connectivity index is 1.81. The number of nitrogens with zero attached hydrogens (tertiary/aromatic N) is 3. The number of rotatable bonds is 9. The van der Waals surface area contributed by atoms with Crippen LogP contribution in [0.25, 0.3) is 0 Å². The lowest BCUT2D eigenvalue weighted by Crippen LogP contribution is -2.45. The van der Waals surface area contributed by atoms with Gasteiger partial charge in [-0.15, -0.1) is 0 Å². The molecule has 0 radical (unpaired) electrons. The largest absolute Gasteiger partial charge is 0.383 e. The van der Waals surface area contributed by atoms with E-state index in [9.17, 15) is 0 Å².